The highest BCUT2D eigenvalue weighted by Crippen LogP contribution is 2.29. The average Bonchev–Trinajstić information content (AvgIpc) is 2.81. The molecule has 1 heterocycles. The summed E-state index contributed by atoms with van der Waals surface area (Å²) in [5.41, 5.74) is 2.04. The van der Waals surface area contributed by atoms with E-state index in [0.717, 1.165) is 30.6 Å². The lowest BCUT2D eigenvalue weighted by Gasteiger charge is -2.17. The van der Waals surface area contributed by atoms with Gasteiger partial charge >= 0.3 is 5.97 Å². The highest BCUT2D eigenvalue weighted by atomic mass is 16.4. The number of aromatic carboxylic acids is 1. The fourth-order valence-corrected chi connectivity index (χ4v) is 2.32. The van der Waals surface area contributed by atoms with Gasteiger partial charge in [0.25, 0.3) is 0 Å². The summed E-state index contributed by atoms with van der Waals surface area (Å²) in [7, 11) is 1.86. The van der Waals surface area contributed by atoms with Gasteiger partial charge < -0.3 is 15.3 Å². The number of carboxylic acids is 1. The molecule has 1 aromatic rings. The Bertz CT molecular complexity index is 499. The largest absolute Gasteiger partial charge is 0.478 e. The van der Waals surface area contributed by atoms with Crippen molar-refractivity contribution in [1.29, 1.82) is 0 Å². The highest BCUT2D eigenvalue weighted by Gasteiger charge is 2.25. The molecule has 0 unspecified atom stereocenters. The molecule has 1 aliphatic heterocycles. The Kier molecular flexibility index (Phi) is 4.16. The number of hydrogen-bond acceptors (Lipinski definition) is 3. The maximum Gasteiger partial charge on any atom is 0.335 e. The molecule has 1 aromatic carbocycles. The molecule has 0 bridgehead atoms. The summed E-state index contributed by atoms with van der Waals surface area (Å²) in [6.07, 6.45) is 2.07. The van der Waals surface area contributed by atoms with E-state index in [1.165, 1.54) is 0 Å². The summed E-state index contributed by atoms with van der Waals surface area (Å²) < 4.78 is 0. The van der Waals surface area contributed by atoms with E-state index in [1.807, 2.05) is 7.05 Å². The Labute approximate surface area is 112 Å². The summed E-state index contributed by atoms with van der Waals surface area (Å²) >= 11 is 0. The number of nitrogens with one attached hydrogen (secondary N) is 1. The molecule has 0 saturated heterocycles. The van der Waals surface area contributed by atoms with Gasteiger partial charge in [-0.3, -0.25) is 4.79 Å². The monoisotopic (exact) mass is 262 g/mol. The zero-order valence-electron chi connectivity index (χ0n) is 11.0. The van der Waals surface area contributed by atoms with Gasteiger partial charge in [-0.25, -0.2) is 4.79 Å². The van der Waals surface area contributed by atoms with Crippen molar-refractivity contribution in [3.05, 3.63) is 29.3 Å². The fraction of sp³-hybridized carbons (Fsp3) is 0.429. The van der Waals surface area contributed by atoms with Gasteiger partial charge in [0.05, 0.1) is 5.56 Å². The van der Waals surface area contributed by atoms with Gasteiger partial charge in [0.2, 0.25) is 5.91 Å². The molecule has 0 atom stereocenters. The molecule has 0 radical (unpaired) electrons. The second-order valence-electron chi connectivity index (χ2n) is 4.65. The molecule has 0 spiro atoms. The normalized spacial score (nSPS) is 13.4. The minimum Gasteiger partial charge on any atom is -0.478 e. The van der Waals surface area contributed by atoms with Crippen LogP contribution in [0.4, 0.5) is 5.69 Å². The topological polar surface area (TPSA) is 69.6 Å². The van der Waals surface area contributed by atoms with Crippen LogP contribution < -0.4 is 10.2 Å². The predicted octanol–water partition coefficient (Wildman–Crippen LogP) is 1.27. The molecule has 0 aromatic heterocycles. The zero-order chi connectivity index (χ0) is 13.8. The van der Waals surface area contributed by atoms with Gasteiger partial charge in [-0.15, -0.1) is 0 Å². The molecular weight excluding hydrogens is 244 g/mol. The Hall–Kier alpha value is -1.88. The summed E-state index contributed by atoms with van der Waals surface area (Å²) in [5, 5.41) is 12.0. The van der Waals surface area contributed by atoms with Gasteiger partial charge in [0, 0.05) is 18.7 Å². The molecule has 102 valence electrons. The van der Waals surface area contributed by atoms with Crippen molar-refractivity contribution < 1.29 is 14.7 Å². The first-order chi connectivity index (χ1) is 9.13. The quantitative estimate of drug-likeness (QED) is 0.784. The SMILES string of the molecule is CNCCCC(=O)N1CCc2ccc(C(=O)O)cc21. The molecule has 5 nitrogen and oxygen atoms in total. The number of amides is 1. The van der Waals surface area contributed by atoms with Crippen LogP contribution >= 0.6 is 0 Å². The number of carboxylic acid groups (broad SMARTS) is 1. The van der Waals surface area contributed by atoms with Crippen molar-refractivity contribution in [1.82, 2.24) is 5.32 Å². The van der Waals surface area contributed by atoms with E-state index in [0.29, 0.717) is 13.0 Å². The highest BCUT2D eigenvalue weighted by molar-refractivity contribution is 5.97. The van der Waals surface area contributed by atoms with E-state index < -0.39 is 5.97 Å². The number of hydrogen-bond donors (Lipinski definition) is 2. The molecule has 2 rings (SSSR count). The zero-order valence-corrected chi connectivity index (χ0v) is 11.0. The third-order valence-electron chi connectivity index (χ3n) is 3.35. The Morgan fingerprint density at radius 1 is 1.42 bits per heavy atom. The second kappa shape index (κ2) is 5.84. The summed E-state index contributed by atoms with van der Waals surface area (Å²) in [5.74, 6) is -0.895. The van der Waals surface area contributed by atoms with E-state index in [-0.39, 0.29) is 11.5 Å². The molecule has 1 amide bonds. The summed E-state index contributed by atoms with van der Waals surface area (Å²) in [4.78, 5) is 24.8. The average molecular weight is 262 g/mol. The molecule has 0 fully saturated rings. The van der Waals surface area contributed by atoms with Crippen LogP contribution in [0, 0.1) is 0 Å². The van der Waals surface area contributed by atoms with Crippen LogP contribution in [0.25, 0.3) is 0 Å². The van der Waals surface area contributed by atoms with Gasteiger partial charge in [0.15, 0.2) is 0 Å². The standard InChI is InChI=1S/C14H18N2O3/c1-15-7-2-3-13(17)16-8-6-10-4-5-11(14(18)19)9-12(10)16/h4-5,9,15H,2-3,6-8H2,1H3,(H,18,19). The molecule has 1 aliphatic rings. The van der Waals surface area contributed by atoms with Crippen LogP contribution in [0.5, 0.6) is 0 Å². The van der Waals surface area contributed by atoms with Crippen molar-refractivity contribution in [2.45, 2.75) is 19.3 Å². The van der Waals surface area contributed by atoms with E-state index >= 15 is 0 Å². The molecule has 19 heavy (non-hydrogen) atoms. The van der Waals surface area contributed by atoms with Crippen molar-refractivity contribution in [2.75, 3.05) is 25.0 Å². The lowest BCUT2D eigenvalue weighted by Crippen LogP contribution is -2.29. The third kappa shape index (κ3) is 2.93. The van der Waals surface area contributed by atoms with Gasteiger partial charge in [-0.2, -0.15) is 0 Å². The van der Waals surface area contributed by atoms with Crippen molar-refractivity contribution in [2.24, 2.45) is 0 Å². The Morgan fingerprint density at radius 2 is 2.21 bits per heavy atom. The van der Waals surface area contributed by atoms with Crippen LogP contribution in [0.3, 0.4) is 0 Å². The second-order valence-corrected chi connectivity index (χ2v) is 4.65. The third-order valence-corrected chi connectivity index (χ3v) is 3.35. The number of benzene rings is 1. The number of carbonyl (C=O) groups is 2. The Balaban J connectivity index is 2.13. The molecule has 0 saturated carbocycles. The van der Waals surface area contributed by atoms with Crippen LogP contribution in [-0.4, -0.2) is 37.1 Å². The van der Waals surface area contributed by atoms with E-state index in [1.54, 1.807) is 23.1 Å². The van der Waals surface area contributed by atoms with Crippen LogP contribution in [0.15, 0.2) is 18.2 Å². The lowest BCUT2D eigenvalue weighted by atomic mass is 10.1. The first-order valence-electron chi connectivity index (χ1n) is 6.44. The molecule has 2 N–H and O–H groups in total. The Morgan fingerprint density at radius 3 is 2.89 bits per heavy atom. The maximum absolute atomic E-state index is 12.1. The number of fused-ring (bicyclic) bond motifs is 1. The molecule has 0 aliphatic carbocycles. The fourth-order valence-electron chi connectivity index (χ4n) is 2.32. The van der Waals surface area contributed by atoms with Gasteiger partial charge in [0.1, 0.15) is 0 Å². The minimum atomic E-state index is -0.961. The van der Waals surface area contributed by atoms with Crippen LogP contribution in [0.2, 0.25) is 0 Å². The first-order valence-corrected chi connectivity index (χ1v) is 6.44. The van der Waals surface area contributed by atoms with Crippen LogP contribution in [-0.2, 0) is 11.2 Å². The first kappa shape index (κ1) is 13.5. The number of rotatable bonds is 5. The summed E-state index contributed by atoms with van der Waals surface area (Å²) in [6, 6.07) is 5.00. The molecule has 5 heteroatoms. The summed E-state index contributed by atoms with van der Waals surface area (Å²) in [6.45, 7) is 1.46. The van der Waals surface area contributed by atoms with Gasteiger partial charge in [-0.1, -0.05) is 6.07 Å². The van der Waals surface area contributed by atoms with Crippen molar-refractivity contribution in [3.8, 4) is 0 Å². The maximum atomic E-state index is 12.1. The lowest BCUT2D eigenvalue weighted by molar-refractivity contribution is -0.118. The smallest absolute Gasteiger partial charge is 0.335 e. The van der Waals surface area contributed by atoms with Crippen molar-refractivity contribution in [3.63, 3.8) is 0 Å². The van der Waals surface area contributed by atoms with Crippen LogP contribution in [0.1, 0.15) is 28.8 Å². The van der Waals surface area contributed by atoms with Gasteiger partial charge in [-0.05, 0) is 44.1 Å². The van der Waals surface area contributed by atoms with E-state index in [2.05, 4.69) is 5.32 Å². The molecular formula is C14H18N2O3. The minimum absolute atomic E-state index is 0.0662. The van der Waals surface area contributed by atoms with E-state index in [4.69, 9.17) is 5.11 Å². The van der Waals surface area contributed by atoms with Crippen molar-refractivity contribution >= 4 is 17.6 Å². The number of anilines is 1. The number of carbonyl (C=O) groups excluding carboxylic acids is 1. The number of nitrogens with zero attached hydrogens (tertiary/aromatic N) is 1. The van der Waals surface area contributed by atoms with E-state index in [9.17, 15) is 9.59 Å². The predicted molar refractivity (Wildman–Crippen MR) is 72.6 cm³/mol.